The number of carboxylic acid groups (broad SMARTS) is 1. The Labute approximate surface area is 178 Å². The molecule has 31 heavy (non-hydrogen) atoms. The molecular formula is C19H29F3N4O5. The third-order valence-corrected chi connectivity index (χ3v) is 5.17. The Kier molecular flexibility index (Phi) is 8.83. The Morgan fingerprint density at radius 3 is 2.55 bits per heavy atom. The van der Waals surface area contributed by atoms with E-state index in [1.54, 1.807) is 19.0 Å². The molecule has 0 radical (unpaired) electrons. The molecule has 0 saturated carbocycles. The zero-order chi connectivity index (χ0) is 23.2. The van der Waals surface area contributed by atoms with E-state index in [9.17, 15) is 18.0 Å². The van der Waals surface area contributed by atoms with E-state index in [2.05, 4.69) is 16.2 Å². The third kappa shape index (κ3) is 7.78. The van der Waals surface area contributed by atoms with Crippen molar-refractivity contribution in [2.75, 3.05) is 33.9 Å². The number of likely N-dealkylation sites (N-methyl/N-ethyl adjacent to an activating group) is 1. The molecule has 1 aromatic rings. The number of carbonyl (C=O) groups is 2. The second kappa shape index (κ2) is 10.9. The molecule has 2 aliphatic rings. The summed E-state index contributed by atoms with van der Waals surface area (Å²) in [4.78, 5) is 24.5. The highest BCUT2D eigenvalue weighted by atomic mass is 19.4. The van der Waals surface area contributed by atoms with Crippen LogP contribution < -0.4 is 0 Å². The normalized spacial score (nSPS) is 23.6. The van der Waals surface area contributed by atoms with Crippen LogP contribution in [-0.2, 0) is 32.7 Å². The molecule has 1 aromatic heterocycles. The first-order valence-corrected chi connectivity index (χ1v) is 9.92. The Hall–Kier alpha value is -2.18. The predicted octanol–water partition coefficient (Wildman–Crippen LogP) is 1.28. The number of nitrogens with zero attached hydrogens (tertiary/aromatic N) is 4. The Morgan fingerprint density at radius 1 is 1.32 bits per heavy atom. The molecule has 2 fully saturated rings. The van der Waals surface area contributed by atoms with Gasteiger partial charge in [-0.15, -0.1) is 0 Å². The lowest BCUT2D eigenvalue weighted by molar-refractivity contribution is -0.192. The largest absolute Gasteiger partial charge is 0.490 e. The number of hydrogen-bond acceptors (Lipinski definition) is 6. The molecular weight excluding hydrogens is 421 g/mol. The summed E-state index contributed by atoms with van der Waals surface area (Å²) in [5.41, 5.74) is 1.26. The van der Waals surface area contributed by atoms with Crippen molar-refractivity contribution in [3.8, 4) is 0 Å². The van der Waals surface area contributed by atoms with Gasteiger partial charge in [-0.1, -0.05) is 0 Å². The lowest BCUT2D eigenvalue weighted by atomic mass is 9.99. The number of carboxylic acids is 1. The van der Waals surface area contributed by atoms with Crippen LogP contribution in [0, 0.1) is 0 Å². The smallest absolute Gasteiger partial charge is 0.475 e. The van der Waals surface area contributed by atoms with Gasteiger partial charge in [0, 0.05) is 52.0 Å². The van der Waals surface area contributed by atoms with Crippen molar-refractivity contribution < 1.29 is 37.3 Å². The molecule has 3 atom stereocenters. The van der Waals surface area contributed by atoms with Gasteiger partial charge in [0.05, 0.1) is 25.0 Å². The van der Waals surface area contributed by atoms with Gasteiger partial charge in [0.1, 0.15) is 6.61 Å². The number of likely N-dealkylation sites (tertiary alicyclic amines) is 1. The highest BCUT2D eigenvalue weighted by molar-refractivity contribution is 5.76. The van der Waals surface area contributed by atoms with Crippen molar-refractivity contribution in [1.29, 1.82) is 0 Å². The van der Waals surface area contributed by atoms with Crippen molar-refractivity contribution in [2.24, 2.45) is 7.05 Å². The SMILES string of the molecule is CN(C)C(=O)COC[C@@H]1CC[C@H]2[C@H](CCN2Cc2cnn(C)c2)O1.O=C(O)C(F)(F)F. The maximum absolute atomic E-state index is 11.5. The fraction of sp³-hybridized carbons (Fsp3) is 0.737. The first-order chi connectivity index (χ1) is 14.5. The van der Waals surface area contributed by atoms with Crippen LogP contribution in [-0.4, -0.2) is 94.8 Å². The third-order valence-electron chi connectivity index (χ3n) is 5.17. The van der Waals surface area contributed by atoms with Crippen molar-refractivity contribution in [2.45, 2.75) is 50.2 Å². The summed E-state index contributed by atoms with van der Waals surface area (Å²) < 4.78 is 45.3. The number of alkyl halides is 3. The lowest BCUT2D eigenvalue weighted by Gasteiger charge is -2.35. The van der Waals surface area contributed by atoms with Crippen molar-refractivity contribution in [1.82, 2.24) is 19.6 Å². The number of hydrogen-bond donors (Lipinski definition) is 1. The Balaban J connectivity index is 0.000000423. The average molecular weight is 450 g/mol. The summed E-state index contributed by atoms with van der Waals surface area (Å²) >= 11 is 0. The van der Waals surface area contributed by atoms with E-state index >= 15 is 0 Å². The standard InChI is InChI=1S/C17H28N4O3.C2HF3O2/c1-19(2)17(22)12-23-11-14-4-5-15-16(24-14)6-7-21(15)10-13-8-18-20(3)9-13;3-2(4,5)1(6)7/h8-9,14-16H,4-7,10-12H2,1-3H3;(H,6,7)/t14-,15-,16-;/m0./s1. The van der Waals surface area contributed by atoms with Crippen LogP contribution in [0.3, 0.4) is 0 Å². The molecule has 9 nitrogen and oxygen atoms in total. The number of fused-ring (bicyclic) bond motifs is 1. The molecule has 3 heterocycles. The average Bonchev–Trinajstić information content (AvgIpc) is 3.27. The van der Waals surface area contributed by atoms with Gasteiger partial charge in [-0.05, 0) is 19.3 Å². The highest BCUT2D eigenvalue weighted by Crippen LogP contribution is 2.32. The number of aliphatic carboxylic acids is 1. The van der Waals surface area contributed by atoms with Crippen molar-refractivity contribution in [3.05, 3.63) is 18.0 Å². The number of ether oxygens (including phenoxy) is 2. The number of halogens is 3. The predicted molar refractivity (Wildman–Crippen MR) is 103 cm³/mol. The molecule has 0 aliphatic carbocycles. The maximum Gasteiger partial charge on any atom is 0.490 e. The minimum atomic E-state index is -5.08. The summed E-state index contributed by atoms with van der Waals surface area (Å²) in [6.07, 6.45) is 2.51. The summed E-state index contributed by atoms with van der Waals surface area (Å²) in [5.74, 6) is -2.76. The van der Waals surface area contributed by atoms with Gasteiger partial charge in [-0.3, -0.25) is 14.4 Å². The summed E-state index contributed by atoms with van der Waals surface area (Å²) in [7, 11) is 5.43. The summed E-state index contributed by atoms with van der Waals surface area (Å²) in [5, 5.41) is 11.4. The van der Waals surface area contributed by atoms with E-state index < -0.39 is 12.1 Å². The minimum Gasteiger partial charge on any atom is -0.475 e. The molecule has 0 spiro atoms. The zero-order valence-electron chi connectivity index (χ0n) is 17.8. The maximum atomic E-state index is 11.5. The van der Waals surface area contributed by atoms with Crippen LogP contribution in [0.2, 0.25) is 0 Å². The topological polar surface area (TPSA) is 97.1 Å². The van der Waals surface area contributed by atoms with Gasteiger partial charge < -0.3 is 19.5 Å². The van der Waals surface area contributed by atoms with Crippen LogP contribution in [0.15, 0.2) is 12.4 Å². The van der Waals surface area contributed by atoms with E-state index in [1.807, 2.05) is 17.9 Å². The summed E-state index contributed by atoms with van der Waals surface area (Å²) in [6.45, 7) is 2.65. The molecule has 1 N–H and O–H groups in total. The van der Waals surface area contributed by atoms with Crippen LogP contribution in [0.4, 0.5) is 13.2 Å². The van der Waals surface area contributed by atoms with Gasteiger partial charge in [0.25, 0.3) is 0 Å². The Bertz CT molecular complexity index is 740. The van der Waals surface area contributed by atoms with Gasteiger partial charge >= 0.3 is 12.1 Å². The molecule has 0 unspecified atom stereocenters. The number of rotatable bonds is 6. The zero-order valence-corrected chi connectivity index (χ0v) is 17.8. The molecule has 176 valence electrons. The first kappa shape index (κ1) is 25.1. The lowest BCUT2D eigenvalue weighted by Crippen LogP contribution is -2.43. The number of aromatic nitrogens is 2. The van der Waals surface area contributed by atoms with Crippen molar-refractivity contribution in [3.63, 3.8) is 0 Å². The van der Waals surface area contributed by atoms with Crippen LogP contribution >= 0.6 is 0 Å². The Morgan fingerprint density at radius 2 is 2.00 bits per heavy atom. The number of carbonyl (C=O) groups excluding carboxylic acids is 1. The monoisotopic (exact) mass is 450 g/mol. The van der Waals surface area contributed by atoms with E-state index in [0.29, 0.717) is 12.6 Å². The number of amides is 1. The van der Waals surface area contributed by atoms with E-state index in [4.69, 9.17) is 19.4 Å². The van der Waals surface area contributed by atoms with Crippen LogP contribution in [0.25, 0.3) is 0 Å². The van der Waals surface area contributed by atoms with Gasteiger partial charge in [0.2, 0.25) is 5.91 Å². The van der Waals surface area contributed by atoms with Crippen LogP contribution in [0.1, 0.15) is 24.8 Å². The van der Waals surface area contributed by atoms with E-state index in [1.165, 1.54) is 5.56 Å². The molecule has 0 bridgehead atoms. The van der Waals surface area contributed by atoms with E-state index in [-0.39, 0.29) is 24.7 Å². The minimum absolute atomic E-state index is 0.00722. The van der Waals surface area contributed by atoms with Gasteiger partial charge in [-0.2, -0.15) is 18.3 Å². The second-order valence-corrected chi connectivity index (χ2v) is 7.83. The van der Waals surface area contributed by atoms with E-state index in [0.717, 1.165) is 32.4 Å². The molecule has 3 rings (SSSR count). The molecule has 12 heteroatoms. The molecule has 2 saturated heterocycles. The second-order valence-electron chi connectivity index (χ2n) is 7.83. The first-order valence-electron chi connectivity index (χ1n) is 9.92. The molecule has 0 aromatic carbocycles. The van der Waals surface area contributed by atoms with Gasteiger partial charge in [-0.25, -0.2) is 4.79 Å². The fourth-order valence-corrected chi connectivity index (χ4v) is 3.60. The quantitative estimate of drug-likeness (QED) is 0.697. The number of aryl methyl sites for hydroxylation is 1. The summed E-state index contributed by atoms with van der Waals surface area (Å²) in [6, 6.07) is 0.491. The molecule has 2 aliphatic heterocycles. The molecule has 1 amide bonds. The van der Waals surface area contributed by atoms with Gasteiger partial charge in [0.15, 0.2) is 0 Å². The van der Waals surface area contributed by atoms with Crippen molar-refractivity contribution >= 4 is 11.9 Å². The highest BCUT2D eigenvalue weighted by Gasteiger charge is 2.40. The van der Waals surface area contributed by atoms with Crippen LogP contribution in [0.5, 0.6) is 0 Å². The fourth-order valence-electron chi connectivity index (χ4n) is 3.60.